The zero-order valence-corrected chi connectivity index (χ0v) is 16.3. The minimum Gasteiger partial charge on any atom is -0.484 e. The third kappa shape index (κ3) is 4.34. The van der Waals surface area contributed by atoms with Crippen molar-refractivity contribution < 1.29 is 18.3 Å². The fraction of sp³-hybridized carbons (Fsp3) is 0.316. The van der Waals surface area contributed by atoms with Gasteiger partial charge in [-0.3, -0.25) is 9.78 Å². The Balaban J connectivity index is 1.34. The summed E-state index contributed by atoms with van der Waals surface area (Å²) in [7, 11) is 0. The molecule has 0 radical (unpaired) electrons. The molecular formula is C19H17ClFN5O3. The largest absolute Gasteiger partial charge is 0.484 e. The molecule has 0 aliphatic carbocycles. The van der Waals surface area contributed by atoms with E-state index in [0.717, 1.165) is 5.69 Å². The number of halogens is 2. The van der Waals surface area contributed by atoms with Crippen molar-refractivity contribution >= 4 is 17.5 Å². The van der Waals surface area contributed by atoms with E-state index >= 15 is 0 Å². The number of carbonyl (C=O) groups is 1. The Bertz CT molecular complexity index is 1030. The predicted molar refractivity (Wildman–Crippen MR) is 101 cm³/mol. The summed E-state index contributed by atoms with van der Waals surface area (Å²) >= 11 is 5.72. The van der Waals surface area contributed by atoms with E-state index < -0.39 is 5.82 Å². The number of hydrogen-bond acceptors (Lipinski definition) is 7. The molecule has 0 spiro atoms. The van der Waals surface area contributed by atoms with Gasteiger partial charge in [-0.2, -0.15) is 0 Å². The second-order valence-corrected chi connectivity index (χ2v) is 7.09. The van der Waals surface area contributed by atoms with E-state index in [4.69, 9.17) is 20.8 Å². The zero-order chi connectivity index (χ0) is 20.4. The summed E-state index contributed by atoms with van der Waals surface area (Å²) in [5.41, 5.74) is 1.30. The molecule has 1 amide bonds. The molecule has 1 saturated heterocycles. The van der Waals surface area contributed by atoms with Gasteiger partial charge < -0.3 is 14.1 Å². The first-order chi connectivity index (χ1) is 14.0. The lowest BCUT2D eigenvalue weighted by atomic mass is 10.1. The van der Waals surface area contributed by atoms with Crippen molar-refractivity contribution in [3.05, 3.63) is 53.0 Å². The van der Waals surface area contributed by atoms with Crippen LogP contribution in [0.4, 0.5) is 4.39 Å². The molecule has 0 saturated carbocycles. The van der Waals surface area contributed by atoms with Gasteiger partial charge in [0.25, 0.3) is 11.8 Å². The molecule has 8 nitrogen and oxygen atoms in total. The number of aryl methyl sites for hydroxylation is 1. The summed E-state index contributed by atoms with van der Waals surface area (Å²) in [6, 6.07) is 3.96. The minimum atomic E-state index is -0.539. The van der Waals surface area contributed by atoms with E-state index in [2.05, 4.69) is 20.2 Å². The number of ether oxygens (including phenoxy) is 1. The maximum atomic E-state index is 13.2. The molecular weight excluding hydrogens is 401 g/mol. The SMILES string of the molecule is Cc1cnc(-c2nnc(C3CCN(C(=O)COc4ccc(F)c(Cl)c4)C3)o2)cn1. The fourth-order valence-corrected chi connectivity index (χ4v) is 3.17. The highest BCUT2D eigenvalue weighted by Crippen LogP contribution is 2.28. The van der Waals surface area contributed by atoms with Gasteiger partial charge in [-0.1, -0.05) is 11.6 Å². The van der Waals surface area contributed by atoms with Crippen molar-refractivity contribution in [2.24, 2.45) is 0 Å². The van der Waals surface area contributed by atoms with Gasteiger partial charge in [0.2, 0.25) is 5.89 Å². The van der Waals surface area contributed by atoms with Crippen LogP contribution in [0.15, 0.2) is 35.0 Å². The van der Waals surface area contributed by atoms with E-state index in [1.807, 2.05) is 6.92 Å². The van der Waals surface area contributed by atoms with Gasteiger partial charge in [0, 0.05) is 25.4 Å². The van der Waals surface area contributed by atoms with Crippen molar-refractivity contribution in [3.8, 4) is 17.3 Å². The maximum absolute atomic E-state index is 13.2. The molecule has 0 N–H and O–H groups in total. The van der Waals surface area contributed by atoms with Gasteiger partial charge in [-0.15, -0.1) is 10.2 Å². The number of nitrogens with zero attached hydrogens (tertiary/aromatic N) is 5. The number of hydrogen-bond donors (Lipinski definition) is 0. The van der Waals surface area contributed by atoms with Crippen molar-refractivity contribution in [2.45, 2.75) is 19.3 Å². The van der Waals surface area contributed by atoms with Crippen LogP contribution in [0.5, 0.6) is 5.75 Å². The smallest absolute Gasteiger partial charge is 0.267 e. The molecule has 2 aromatic heterocycles. The third-order valence-corrected chi connectivity index (χ3v) is 4.87. The van der Waals surface area contributed by atoms with Gasteiger partial charge in [-0.25, -0.2) is 9.37 Å². The Kier molecular flexibility index (Phi) is 5.39. The zero-order valence-electron chi connectivity index (χ0n) is 15.5. The van der Waals surface area contributed by atoms with Crippen LogP contribution in [0.2, 0.25) is 5.02 Å². The second kappa shape index (κ2) is 8.12. The van der Waals surface area contributed by atoms with Crippen LogP contribution >= 0.6 is 11.6 Å². The van der Waals surface area contributed by atoms with Crippen molar-refractivity contribution in [3.63, 3.8) is 0 Å². The average molecular weight is 418 g/mol. The highest BCUT2D eigenvalue weighted by atomic mass is 35.5. The van der Waals surface area contributed by atoms with Crippen molar-refractivity contribution in [1.29, 1.82) is 0 Å². The number of likely N-dealkylation sites (tertiary alicyclic amines) is 1. The summed E-state index contributed by atoms with van der Waals surface area (Å²) in [5, 5.41) is 8.08. The van der Waals surface area contributed by atoms with Crippen molar-refractivity contribution in [2.75, 3.05) is 19.7 Å². The summed E-state index contributed by atoms with van der Waals surface area (Å²) in [6.07, 6.45) is 3.91. The lowest BCUT2D eigenvalue weighted by Gasteiger charge is -2.16. The van der Waals surface area contributed by atoms with Gasteiger partial charge in [0.05, 0.1) is 22.8 Å². The first-order valence-electron chi connectivity index (χ1n) is 8.97. The molecule has 1 atom stereocenters. The Morgan fingerprint density at radius 2 is 2.21 bits per heavy atom. The molecule has 10 heteroatoms. The molecule has 3 heterocycles. The van der Waals surface area contributed by atoms with E-state index in [9.17, 15) is 9.18 Å². The molecule has 4 rings (SSSR count). The van der Waals surface area contributed by atoms with Gasteiger partial charge in [0.1, 0.15) is 17.3 Å². The molecule has 1 aromatic carbocycles. The third-order valence-electron chi connectivity index (χ3n) is 4.58. The van der Waals surface area contributed by atoms with Gasteiger partial charge in [-0.05, 0) is 25.5 Å². The lowest BCUT2D eigenvalue weighted by molar-refractivity contribution is -0.132. The molecule has 150 valence electrons. The molecule has 3 aromatic rings. The first-order valence-corrected chi connectivity index (χ1v) is 9.35. The van der Waals surface area contributed by atoms with Crippen LogP contribution in [0.3, 0.4) is 0 Å². The molecule has 1 unspecified atom stereocenters. The highest BCUT2D eigenvalue weighted by molar-refractivity contribution is 6.30. The van der Waals surface area contributed by atoms with E-state index in [1.54, 1.807) is 17.3 Å². The highest BCUT2D eigenvalue weighted by Gasteiger charge is 2.31. The van der Waals surface area contributed by atoms with E-state index in [1.165, 1.54) is 18.2 Å². The molecule has 29 heavy (non-hydrogen) atoms. The standard InChI is InChI=1S/C19H17ClFN5O3/c1-11-7-23-16(8-22-11)19-25-24-18(29-19)12-4-5-26(9-12)17(27)10-28-13-2-3-15(21)14(20)6-13/h2-3,6-8,12H,4-5,9-10H2,1H3. The molecule has 0 bridgehead atoms. The van der Waals surface area contributed by atoms with Gasteiger partial charge >= 0.3 is 0 Å². The lowest BCUT2D eigenvalue weighted by Crippen LogP contribution is -2.32. The number of rotatable bonds is 5. The maximum Gasteiger partial charge on any atom is 0.267 e. The second-order valence-electron chi connectivity index (χ2n) is 6.68. The average Bonchev–Trinajstić information content (AvgIpc) is 3.39. The first kappa shape index (κ1) is 19.3. The minimum absolute atomic E-state index is 0.0540. The molecule has 1 fully saturated rings. The van der Waals surface area contributed by atoms with Crippen LogP contribution in [0, 0.1) is 12.7 Å². The monoisotopic (exact) mass is 417 g/mol. The number of carbonyl (C=O) groups excluding carboxylic acids is 1. The number of benzene rings is 1. The topological polar surface area (TPSA) is 94.2 Å². The Morgan fingerprint density at radius 3 is 2.97 bits per heavy atom. The van der Waals surface area contributed by atoms with Crippen molar-refractivity contribution in [1.82, 2.24) is 25.1 Å². The molecule has 1 aliphatic heterocycles. The van der Waals surface area contributed by atoms with Crippen LogP contribution in [-0.2, 0) is 4.79 Å². The number of aromatic nitrogens is 4. The Hall–Kier alpha value is -3.07. The van der Waals surface area contributed by atoms with Crippen LogP contribution in [0.25, 0.3) is 11.6 Å². The normalized spacial score (nSPS) is 16.2. The Labute approximate surface area is 170 Å². The van der Waals surface area contributed by atoms with E-state index in [-0.39, 0.29) is 23.5 Å². The summed E-state index contributed by atoms with van der Waals surface area (Å²) < 4.78 is 24.3. The summed E-state index contributed by atoms with van der Waals surface area (Å²) in [6.45, 7) is 2.68. The Morgan fingerprint density at radius 1 is 1.34 bits per heavy atom. The van der Waals surface area contributed by atoms with Crippen LogP contribution in [0.1, 0.15) is 23.9 Å². The number of amides is 1. The quantitative estimate of drug-likeness (QED) is 0.629. The predicted octanol–water partition coefficient (Wildman–Crippen LogP) is 3.02. The summed E-state index contributed by atoms with van der Waals surface area (Å²) in [4.78, 5) is 22.5. The van der Waals surface area contributed by atoms with Gasteiger partial charge in [0.15, 0.2) is 6.61 Å². The van der Waals surface area contributed by atoms with Crippen LogP contribution < -0.4 is 4.74 Å². The van der Waals surface area contributed by atoms with E-state index in [0.29, 0.717) is 42.7 Å². The fourth-order valence-electron chi connectivity index (χ4n) is 3.00. The summed E-state index contributed by atoms with van der Waals surface area (Å²) in [5.74, 6) is 0.318. The molecule has 1 aliphatic rings. The van der Waals surface area contributed by atoms with Crippen LogP contribution in [-0.4, -0.2) is 50.7 Å².